The Morgan fingerprint density at radius 3 is 1.81 bits per heavy atom. The summed E-state index contributed by atoms with van der Waals surface area (Å²) in [4.78, 5) is 54.9. The molecule has 0 spiro atoms. The van der Waals surface area contributed by atoms with Gasteiger partial charge in [0.25, 0.3) is 5.69 Å². The molecular weight excluding hydrogens is 540 g/mol. The van der Waals surface area contributed by atoms with Crippen molar-refractivity contribution in [2.24, 2.45) is 11.8 Å². The van der Waals surface area contributed by atoms with E-state index in [9.17, 15) is 29.3 Å². The average Bonchev–Trinajstić information content (AvgIpc) is 2.80. The van der Waals surface area contributed by atoms with Gasteiger partial charge in [0.2, 0.25) is 5.91 Å². The molecule has 0 heterocycles. The minimum Gasteiger partial charge on any atom is -0.481 e. The van der Waals surface area contributed by atoms with E-state index < -0.39 is 10.9 Å². The minimum absolute atomic E-state index is 0.0619. The smallest absolute Gasteiger partial charge is 0.306 e. The lowest BCUT2D eigenvalue weighted by molar-refractivity contribution is -0.384. The van der Waals surface area contributed by atoms with E-state index in [1.807, 2.05) is 0 Å². The van der Waals surface area contributed by atoms with Gasteiger partial charge in [0.15, 0.2) is 0 Å². The second-order valence-electron chi connectivity index (χ2n) is 8.91. The zero-order chi connectivity index (χ0) is 26.8. The van der Waals surface area contributed by atoms with Crippen LogP contribution in [0.25, 0.3) is 0 Å². The average molecular weight is 571 g/mol. The Kier molecular flexibility index (Phi) is 11.3. The zero-order valence-corrected chi connectivity index (χ0v) is 21.8. The molecule has 0 aromatic heterocycles. The Morgan fingerprint density at radius 1 is 0.917 bits per heavy atom. The fraction of sp³-hybridized carbons (Fsp3) is 0.583. The Bertz CT molecular complexity index is 968. The van der Waals surface area contributed by atoms with Gasteiger partial charge in [-0.25, -0.2) is 0 Å². The highest BCUT2D eigenvalue weighted by molar-refractivity contribution is 9.10. The standard InChI is InChI=1S/C15H17BrN2O5.C9H14O4/c1-9(19)23-12-5-2-10(3-6-12)15(20)17-13-7-4-11(16)8-14(13)18(21)22;1-6(10)13-8-4-2-7(3-5-8)9(11)12/h4,7-8,10,12H,2-3,5-6H2,1H3,(H,17,20);7-8H,2-5H2,1H3,(H,11,12). The van der Waals surface area contributed by atoms with Crippen molar-refractivity contribution in [3.8, 4) is 0 Å². The maximum atomic E-state index is 12.3. The number of hydrogen-bond acceptors (Lipinski definition) is 8. The molecule has 1 aromatic carbocycles. The van der Waals surface area contributed by atoms with E-state index in [0.717, 1.165) is 0 Å². The van der Waals surface area contributed by atoms with Crippen molar-refractivity contribution in [1.82, 2.24) is 0 Å². The Hall–Kier alpha value is -3.02. The van der Waals surface area contributed by atoms with Crippen LogP contribution in [0.4, 0.5) is 11.4 Å². The lowest BCUT2D eigenvalue weighted by Gasteiger charge is -2.27. The number of aliphatic carboxylic acids is 1. The number of nitro benzene ring substituents is 1. The molecule has 2 N–H and O–H groups in total. The van der Waals surface area contributed by atoms with Gasteiger partial charge in [-0.3, -0.25) is 29.3 Å². The molecule has 0 aliphatic heterocycles. The number of nitrogens with one attached hydrogen (secondary N) is 1. The van der Waals surface area contributed by atoms with Crippen LogP contribution in [0.1, 0.15) is 65.2 Å². The quantitative estimate of drug-likeness (QED) is 0.282. The Balaban J connectivity index is 0.000000297. The van der Waals surface area contributed by atoms with Crippen LogP contribution in [-0.2, 0) is 28.7 Å². The number of amides is 1. The molecule has 2 aliphatic carbocycles. The maximum Gasteiger partial charge on any atom is 0.306 e. The zero-order valence-electron chi connectivity index (χ0n) is 20.2. The Morgan fingerprint density at radius 2 is 1.39 bits per heavy atom. The van der Waals surface area contributed by atoms with Crippen molar-refractivity contribution in [2.75, 3.05) is 5.32 Å². The number of nitrogens with zero attached hydrogens (tertiary/aromatic N) is 1. The number of halogens is 1. The molecule has 0 bridgehead atoms. The van der Waals surface area contributed by atoms with E-state index in [1.54, 1.807) is 6.07 Å². The molecule has 11 nitrogen and oxygen atoms in total. The van der Waals surface area contributed by atoms with Crippen LogP contribution < -0.4 is 5.32 Å². The fourth-order valence-electron chi connectivity index (χ4n) is 4.34. The number of rotatable bonds is 6. The number of carboxylic acids is 1. The Labute approximate surface area is 217 Å². The van der Waals surface area contributed by atoms with Gasteiger partial charge < -0.3 is 19.9 Å². The van der Waals surface area contributed by atoms with E-state index in [4.69, 9.17) is 14.6 Å². The normalized spacial score (nSPS) is 23.3. The van der Waals surface area contributed by atoms with Crippen molar-refractivity contribution >= 4 is 51.1 Å². The summed E-state index contributed by atoms with van der Waals surface area (Å²) < 4.78 is 10.7. The predicted molar refractivity (Wildman–Crippen MR) is 132 cm³/mol. The number of carbonyl (C=O) groups is 4. The van der Waals surface area contributed by atoms with Crippen molar-refractivity contribution < 1.29 is 38.7 Å². The third-order valence-electron chi connectivity index (χ3n) is 6.15. The molecule has 2 aliphatic rings. The number of anilines is 1. The van der Waals surface area contributed by atoms with Gasteiger partial charge in [-0.2, -0.15) is 0 Å². The molecule has 198 valence electrons. The molecular formula is C24H31BrN2O9. The number of carboxylic acid groups (broad SMARTS) is 1. The summed E-state index contributed by atoms with van der Waals surface area (Å²) >= 11 is 3.18. The SMILES string of the molecule is CC(=O)OC1CCC(C(=O)Nc2ccc(Br)cc2[N+](=O)[O-])CC1.CC(=O)OC1CCC(C(=O)O)CC1. The lowest BCUT2D eigenvalue weighted by atomic mass is 9.86. The van der Waals surface area contributed by atoms with Gasteiger partial charge in [-0.1, -0.05) is 15.9 Å². The highest BCUT2D eigenvalue weighted by Crippen LogP contribution is 2.31. The maximum absolute atomic E-state index is 12.3. The first-order chi connectivity index (χ1) is 17.0. The van der Waals surface area contributed by atoms with Crippen LogP contribution in [0.2, 0.25) is 0 Å². The van der Waals surface area contributed by atoms with Gasteiger partial charge in [0.05, 0.1) is 10.8 Å². The van der Waals surface area contributed by atoms with Crippen molar-refractivity contribution in [2.45, 2.75) is 77.4 Å². The molecule has 12 heteroatoms. The summed E-state index contributed by atoms with van der Waals surface area (Å²) in [5, 5.41) is 22.4. The molecule has 0 unspecified atom stereocenters. The number of carbonyl (C=O) groups excluding carboxylic acids is 3. The van der Waals surface area contributed by atoms with Gasteiger partial charge >= 0.3 is 17.9 Å². The summed E-state index contributed by atoms with van der Waals surface area (Å²) in [5.41, 5.74) is 0.0339. The fourth-order valence-corrected chi connectivity index (χ4v) is 4.69. The summed E-state index contributed by atoms with van der Waals surface area (Å²) in [5.74, 6) is -2.04. The van der Waals surface area contributed by atoms with E-state index >= 15 is 0 Å². The molecule has 36 heavy (non-hydrogen) atoms. The van der Waals surface area contributed by atoms with Crippen LogP contribution in [0.3, 0.4) is 0 Å². The first-order valence-electron chi connectivity index (χ1n) is 11.8. The third kappa shape index (κ3) is 9.56. The van der Waals surface area contributed by atoms with Crippen LogP contribution in [0, 0.1) is 22.0 Å². The van der Waals surface area contributed by atoms with Crippen LogP contribution in [0.5, 0.6) is 0 Å². The topological polar surface area (TPSA) is 162 Å². The molecule has 1 amide bonds. The largest absolute Gasteiger partial charge is 0.481 e. The predicted octanol–water partition coefficient (Wildman–Crippen LogP) is 4.61. The molecule has 0 atom stereocenters. The molecule has 0 saturated heterocycles. The van der Waals surface area contributed by atoms with Gasteiger partial charge in [-0.05, 0) is 63.5 Å². The monoisotopic (exact) mass is 570 g/mol. The third-order valence-corrected chi connectivity index (χ3v) is 6.64. The van der Waals surface area contributed by atoms with Crippen LogP contribution >= 0.6 is 15.9 Å². The second-order valence-corrected chi connectivity index (χ2v) is 9.83. The van der Waals surface area contributed by atoms with E-state index in [-0.39, 0.29) is 53.3 Å². The number of benzene rings is 1. The minimum atomic E-state index is -0.735. The van der Waals surface area contributed by atoms with Crippen LogP contribution in [0.15, 0.2) is 22.7 Å². The highest BCUT2D eigenvalue weighted by atomic mass is 79.9. The van der Waals surface area contributed by atoms with Gasteiger partial charge in [0.1, 0.15) is 17.9 Å². The number of esters is 2. The highest BCUT2D eigenvalue weighted by Gasteiger charge is 2.29. The molecule has 1 aromatic rings. The molecule has 2 fully saturated rings. The first kappa shape index (κ1) is 29.2. The van der Waals surface area contributed by atoms with Gasteiger partial charge in [-0.15, -0.1) is 0 Å². The summed E-state index contributed by atoms with van der Waals surface area (Å²) in [6, 6.07) is 4.50. The van der Waals surface area contributed by atoms with Crippen LogP contribution in [-0.4, -0.2) is 46.1 Å². The second kappa shape index (κ2) is 13.9. The van der Waals surface area contributed by atoms with Crippen molar-refractivity contribution in [1.29, 1.82) is 0 Å². The van der Waals surface area contributed by atoms with Gasteiger partial charge in [0, 0.05) is 30.3 Å². The lowest BCUT2D eigenvalue weighted by Crippen LogP contribution is -2.30. The molecule has 3 rings (SSSR count). The number of ether oxygens (including phenoxy) is 2. The summed E-state index contributed by atoms with van der Waals surface area (Å²) in [6.07, 6.45) is 4.82. The first-order valence-corrected chi connectivity index (χ1v) is 12.6. The summed E-state index contributed by atoms with van der Waals surface area (Å²) in [7, 11) is 0. The number of hydrogen-bond donors (Lipinski definition) is 2. The van der Waals surface area contributed by atoms with Crippen molar-refractivity contribution in [3.63, 3.8) is 0 Å². The van der Waals surface area contributed by atoms with Crippen molar-refractivity contribution in [3.05, 3.63) is 32.8 Å². The van der Waals surface area contributed by atoms with E-state index in [0.29, 0.717) is 55.8 Å². The molecule has 2 saturated carbocycles. The molecule has 0 radical (unpaired) electrons. The van der Waals surface area contributed by atoms with E-state index in [2.05, 4.69) is 21.2 Å². The summed E-state index contributed by atoms with van der Waals surface area (Å²) in [6.45, 7) is 2.74. The number of nitro groups is 1. The van der Waals surface area contributed by atoms with E-state index in [1.165, 1.54) is 26.0 Å².